The van der Waals surface area contributed by atoms with Gasteiger partial charge in [0.1, 0.15) is 0 Å². The Bertz CT molecular complexity index is 738. The van der Waals surface area contributed by atoms with E-state index in [4.69, 9.17) is 51.1 Å². The Kier molecular flexibility index (Phi) is 3.93. The Hall–Kier alpha value is -0.770. The second-order valence-corrected chi connectivity index (χ2v) is 6.38. The summed E-state index contributed by atoms with van der Waals surface area (Å²) in [4.78, 5) is 12.8. The molecule has 0 aliphatic carbocycles. The molecule has 1 aliphatic heterocycles. The largest absolute Gasteiger partial charge is 0.356 e. The zero-order valence-electron chi connectivity index (χ0n) is 10.5. The van der Waals surface area contributed by atoms with E-state index in [-0.39, 0.29) is 17.4 Å². The SMILES string of the molecule is O=C(c1ccc(Cl)cc1Cl)C1(c2ccc(Cl)cc2Cl)CO1. The highest BCUT2D eigenvalue weighted by Crippen LogP contribution is 2.46. The second kappa shape index (κ2) is 5.45. The molecule has 1 fully saturated rings. The summed E-state index contributed by atoms with van der Waals surface area (Å²) in [6, 6.07) is 9.66. The Morgan fingerprint density at radius 3 is 2.05 bits per heavy atom. The number of rotatable bonds is 3. The Morgan fingerprint density at radius 2 is 1.52 bits per heavy atom. The molecule has 0 aromatic heterocycles. The van der Waals surface area contributed by atoms with Crippen LogP contribution in [0.5, 0.6) is 0 Å². The third kappa shape index (κ3) is 2.67. The minimum absolute atomic E-state index is 0.242. The van der Waals surface area contributed by atoms with Crippen molar-refractivity contribution in [3.8, 4) is 0 Å². The molecule has 1 aliphatic rings. The molecule has 2 nitrogen and oxygen atoms in total. The van der Waals surface area contributed by atoms with Gasteiger partial charge in [0.15, 0.2) is 5.60 Å². The van der Waals surface area contributed by atoms with Gasteiger partial charge < -0.3 is 4.74 Å². The summed E-state index contributed by atoms with van der Waals surface area (Å²) in [5.74, 6) is -0.242. The van der Waals surface area contributed by atoms with Crippen molar-refractivity contribution in [1.82, 2.24) is 0 Å². The van der Waals surface area contributed by atoms with Crippen LogP contribution in [0, 0.1) is 0 Å². The Balaban J connectivity index is 2.04. The smallest absolute Gasteiger partial charge is 0.203 e. The molecule has 0 spiro atoms. The fraction of sp³-hybridized carbons (Fsp3) is 0.133. The molecule has 0 N–H and O–H groups in total. The van der Waals surface area contributed by atoms with Crippen molar-refractivity contribution in [2.24, 2.45) is 0 Å². The topological polar surface area (TPSA) is 29.6 Å². The van der Waals surface area contributed by atoms with Crippen LogP contribution in [-0.4, -0.2) is 12.4 Å². The number of halogens is 4. The van der Waals surface area contributed by atoms with Crippen LogP contribution in [0.4, 0.5) is 0 Å². The summed E-state index contributed by atoms with van der Waals surface area (Å²) < 4.78 is 5.44. The fourth-order valence-corrected chi connectivity index (χ4v) is 3.24. The third-order valence-corrected chi connectivity index (χ3v) is 4.44. The molecular weight excluding hydrogens is 354 g/mol. The predicted octanol–water partition coefficient (Wildman–Crippen LogP) is 5.41. The number of carbonyl (C=O) groups excluding carboxylic acids is 1. The molecule has 1 heterocycles. The summed E-state index contributed by atoms with van der Waals surface area (Å²) in [6.45, 7) is 0.256. The zero-order chi connectivity index (χ0) is 15.2. The lowest BCUT2D eigenvalue weighted by Gasteiger charge is -2.14. The van der Waals surface area contributed by atoms with Gasteiger partial charge >= 0.3 is 0 Å². The van der Waals surface area contributed by atoms with Crippen molar-refractivity contribution in [2.75, 3.05) is 6.61 Å². The molecule has 1 unspecified atom stereocenters. The van der Waals surface area contributed by atoms with Crippen LogP contribution in [0.2, 0.25) is 20.1 Å². The highest BCUT2D eigenvalue weighted by atomic mass is 35.5. The van der Waals surface area contributed by atoms with Gasteiger partial charge in [-0.1, -0.05) is 52.5 Å². The van der Waals surface area contributed by atoms with Crippen molar-refractivity contribution in [3.63, 3.8) is 0 Å². The predicted molar refractivity (Wildman–Crippen MR) is 84.9 cm³/mol. The highest BCUT2D eigenvalue weighted by Gasteiger charge is 2.55. The maximum atomic E-state index is 12.8. The van der Waals surface area contributed by atoms with E-state index >= 15 is 0 Å². The molecule has 2 aromatic carbocycles. The molecule has 0 radical (unpaired) electrons. The normalized spacial score (nSPS) is 20.4. The van der Waals surface area contributed by atoms with Crippen LogP contribution < -0.4 is 0 Å². The number of carbonyl (C=O) groups is 1. The number of hydrogen-bond donors (Lipinski definition) is 0. The summed E-state index contributed by atoms with van der Waals surface area (Å²) >= 11 is 24.0. The van der Waals surface area contributed by atoms with Crippen molar-refractivity contribution in [2.45, 2.75) is 5.60 Å². The molecule has 1 saturated heterocycles. The van der Waals surface area contributed by atoms with E-state index in [0.717, 1.165) is 0 Å². The summed E-state index contributed by atoms with van der Waals surface area (Å²) in [7, 11) is 0. The van der Waals surface area contributed by atoms with Crippen molar-refractivity contribution < 1.29 is 9.53 Å². The van der Waals surface area contributed by atoms with Crippen LogP contribution in [0.3, 0.4) is 0 Å². The zero-order valence-corrected chi connectivity index (χ0v) is 13.5. The maximum absolute atomic E-state index is 12.8. The van der Waals surface area contributed by atoms with Gasteiger partial charge in [-0.3, -0.25) is 4.79 Å². The van der Waals surface area contributed by atoms with Crippen molar-refractivity contribution in [1.29, 1.82) is 0 Å². The lowest BCUT2D eigenvalue weighted by Crippen LogP contribution is -2.23. The third-order valence-electron chi connectivity index (χ3n) is 3.34. The van der Waals surface area contributed by atoms with Gasteiger partial charge in [0.05, 0.1) is 11.6 Å². The standard InChI is InChI=1S/C15H8Cl4O2/c16-8-1-3-10(12(18)5-8)14(20)15(7-21-15)11-4-2-9(17)6-13(11)19/h1-6H,7H2. The molecule has 2 aromatic rings. The van der Waals surface area contributed by atoms with Crippen molar-refractivity contribution >= 4 is 52.2 Å². The summed E-state index contributed by atoms with van der Waals surface area (Å²) in [5, 5.41) is 1.63. The van der Waals surface area contributed by atoms with Gasteiger partial charge in [-0.15, -0.1) is 0 Å². The van der Waals surface area contributed by atoms with Crippen LogP contribution in [-0.2, 0) is 10.3 Å². The first-order valence-electron chi connectivity index (χ1n) is 6.03. The van der Waals surface area contributed by atoms with E-state index in [1.165, 1.54) is 6.07 Å². The maximum Gasteiger partial charge on any atom is 0.203 e. The molecule has 1 atom stereocenters. The van der Waals surface area contributed by atoms with Crippen molar-refractivity contribution in [3.05, 3.63) is 67.6 Å². The number of ether oxygens (including phenoxy) is 1. The van der Waals surface area contributed by atoms with Crippen LogP contribution in [0.25, 0.3) is 0 Å². The van der Waals surface area contributed by atoms with Crippen LogP contribution in [0.1, 0.15) is 15.9 Å². The van der Waals surface area contributed by atoms with Crippen LogP contribution in [0.15, 0.2) is 36.4 Å². The fourth-order valence-electron chi connectivity index (χ4n) is 2.19. The first-order chi connectivity index (χ1) is 9.94. The van der Waals surface area contributed by atoms with Gasteiger partial charge in [-0.25, -0.2) is 0 Å². The van der Waals surface area contributed by atoms with Gasteiger partial charge in [-0.2, -0.15) is 0 Å². The molecule has 21 heavy (non-hydrogen) atoms. The molecule has 0 saturated carbocycles. The molecule has 3 rings (SSSR count). The number of hydrogen-bond acceptors (Lipinski definition) is 2. The first-order valence-corrected chi connectivity index (χ1v) is 7.54. The van der Waals surface area contributed by atoms with E-state index in [2.05, 4.69) is 0 Å². The lowest BCUT2D eigenvalue weighted by atomic mass is 9.91. The molecule has 0 bridgehead atoms. The number of ketones is 1. The number of benzene rings is 2. The monoisotopic (exact) mass is 360 g/mol. The number of Topliss-reactive ketones (excluding diaryl/α,β-unsaturated/α-hetero) is 1. The van der Waals surface area contributed by atoms with Gasteiger partial charge in [-0.05, 0) is 30.3 Å². The minimum Gasteiger partial charge on any atom is -0.356 e. The quantitative estimate of drug-likeness (QED) is 0.540. The second-order valence-electron chi connectivity index (χ2n) is 4.69. The molecule has 6 heteroatoms. The Labute approximate surface area is 141 Å². The van der Waals surface area contributed by atoms with Gasteiger partial charge in [0, 0.05) is 26.2 Å². The van der Waals surface area contributed by atoms with Crippen LogP contribution >= 0.6 is 46.4 Å². The first kappa shape index (κ1) is 15.1. The summed E-state index contributed by atoms with van der Waals surface area (Å²) in [5.41, 5.74) is -0.145. The van der Waals surface area contributed by atoms with E-state index < -0.39 is 5.60 Å². The number of epoxide rings is 1. The van der Waals surface area contributed by atoms with Gasteiger partial charge in [0.2, 0.25) is 5.78 Å². The Morgan fingerprint density at radius 1 is 0.952 bits per heavy atom. The lowest BCUT2D eigenvalue weighted by molar-refractivity contribution is 0.0871. The average molecular weight is 362 g/mol. The molecular formula is C15H8Cl4O2. The van der Waals surface area contributed by atoms with E-state index in [1.807, 2.05) is 0 Å². The highest BCUT2D eigenvalue weighted by molar-refractivity contribution is 6.38. The van der Waals surface area contributed by atoms with Gasteiger partial charge in [0.25, 0.3) is 0 Å². The van der Waals surface area contributed by atoms with E-state index in [9.17, 15) is 4.79 Å². The molecule has 108 valence electrons. The average Bonchev–Trinajstić information content (AvgIpc) is 3.19. The minimum atomic E-state index is -1.08. The summed E-state index contributed by atoms with van der Waals surface area (Å²) in [6.07, 6.45) is 0. The molecule has 0 amide bonds. The van der Waals surface area contributed by atoms with E-state index in [0.29, 0.717) is 26.2 Å². The van der Waals surface area contributed by atoms with E-state index in [1.54, 1.807) is 30.3 Å².